The zero-order chi connectivity index (χ0) is 18.5. The van der Waals surface area contributed by atoms with E-state index in [1.807, 2.05) is 0 Å². The van der Waals surface area contributed by atoms with Crippen molar-refractivity contribution in [1.82, 2.24) is 4.90 Å². The molecule has 2 fully saturated rings. The lowest BCUT2D eigenvalue weighted by atomic mass is 9.93. The molecule has 0 radical (unpaired) electrons. The molecule has 1 heterocycles. The number of ether oxygens (including phenoxy) is 1. The van der Waals surface area contributed by atoms with E-state index in [4.69, 9.17) is 9.84 Å². The Kier molecular flexibility index (Phi) is 6.25. The third-order valence-corrected chi connectivity index (χ3v) is 5.17. The molecule has 1 aliphatic carbocycles. The molecule has 1 saturated carbocycles. The fourth-order valence-electron chi connectivity index (χ4n) is 3.43. The molecule has 3 rings (SSSR count). The van der Waals surface area contributed by atoms with Crippen molar-refractivity contribution in [2.45, 2.75) is 45.1 Å². The summed E-state index contributed by atoms with van der Waals surface area (Å²) >= 11 is 0. The van der Waals surface area contributed by atoms with E-state index in [-0.39, 0.29) is 30.7 Å². The Labute approximate surface area is 153 Å². The normalized spacial score (nSPS) is 20.2. The maximum atomic E-state index is 14.0. The molecule has 0 bridgehead atoms. The largest absolute Gasteiger partial charge is 0.481 e. The van der Waals surface area contributed by atoms with E-state index in [2.05, 4.69) is 0 Å². The molecule has 1 aromatic carbocycles. The van der Waals surface area contributed by atoms with Crippen LogP contribution in [0.3, 0.4) is 0 Å². The fourth-order valence-corrected chi connectivity index (χ4v) is 3.43. The highest BCUT2D eigenvalue weighted by Crippen LogP contribution is 2.29. The zero-order valence-electron chi connectivity index (χ0n) is 15.0. The van der Waals surface area contributed by atoms with E-state index < -0.39 is 5.97 Å². The molecule has 26 heavy (non-hydrogen) atoms. The van der Waals surface area contributed by atoms with Gasteiger partial charge in [0.1, 0.15) is 5.82 Å². The summed E-state index contributed by atoms with van der Waals surface area (Å²) in [6.45, 7) is 2.06. The van der Waals surface area contributed by atoms with Crippen molar-refractivity contribution in [2.75, 3.05) is 19.7 Å². The van der Waals surface area contributed by atoms with Crippen molar-refractivity contribution in [1.29, 1.82) is 0 Å². The molecule has 5 nitrogen and oxygen atoms in total. The van der Waals surface area contributed by atoms with E-state index in [0.717, 1.165) is 12.8 Å². The van der Waals surface area contributed by atoms with Gasteiger partial charge < -0.3 is 14.7 Å². The van der Waals surface area contributed by atoms with Crippen LogP contribution >= 0.6 is 0 Å². The molecular weight excluding hydrogens is 337 g/mol. The van der Waals surface area contributed by atoms with Gasteiger partial charge in [-0.25, -0.2) is 4.39 Å². The first-order valence-corrected chi connectivity index (χ1v) is 9.40. The van der Waals surface area contributed by atoms with Crippen LogP contribution in [0.25, 0.3) is 0 Å². The summed E-state index contributed by atoms with van der Waals surface area (Å²) in [7, 11) is 0. The highest BCUT2D eigenvalue weighted by molar-refractivity contribution is 5.94. The summed E-state index contributed by atoms with van der Waals surface area (Å²) in [5, 5.41) is 8.83. The van der Waals surface area contributed by atoms with Gasteiger partial charge in [-0.05, 0) is 62.1 Å². The Morgan fingerprint density at radius 2 is 2.04 bits per heavy atom. The quantitative estimate of drug-likeness (QED) is 0.768. The lowest BCUT2D eigenvalue weighted by Crippen LogP contribution is -2.40. The number of carbonyl (C=O) groups is 2. The molecule has 2 aliphatic rings. The fraction of sp³-hybridized carbons (Fsp3) is 0.600. The molecule has 1 saturated heterocycles. The van der Waals surface area contributed by atoms with E-state index in [1.54, 1.807) is 11.0 Å². The van der Waals surface area contributed by atoms with Crippen LogP contribution in [0.1, 0.15) is 54.4 Å². The number of carbonyl (C=O) groups excluding carboxylic acids is 1. The predicted molar refractivity (Wildman–Crippen MR) is 94.3 cm³/mol. The van der Waals surface area contributed by atoms with E-state index >= 15 is 0 Å². The lowest BCUT2D eigenvalue weighted by Gasteiger charge is -2.32. The van der Waals surface area contributed by atoms with Crippen LogP contribution in [-0.4, -0.2) is 41.6 Å². The number of carboxylic acid groups (broad SMARTS) is 1. The first-order chi connectivity index (χ1) is 12.5. The molecule has 6 heteroatoms. The summed E-state index contributed by atoms with van der Waals surface area (Å²) in [6, 6.07) is 4.43. The number of aliphatic carboxylic acids is 1. The molecule has 1 N–H and O–H groups in total. The Morgan fingerprint density at radius 1 is 1.23 bits per heavy atom. The molecule has 0 spiro atoms. The molecule has 1 aromatic rings. The third-order valence-electron chi connectivity index (χ3n) is 5.17. The third kappa shape index (κ3) is 5.27. The van der Waals surface area contributed by atoms with Crippen LogP contribution in [0.15, 0.2) is 18.2 Å². The van der Waals surface area contributed by atoms with Gasteiger partial charge in [0, 0.05) is 37.2 Å². The Bertz CT molecular complexity index is 659. The van der Waals surface area contributed by atoms with Crippen LogP contribution in [0.4, 0.5) is 4.39 Å². The van der Waals surface area contributed by atoms with Crippen LogP contribution < -0.4 is 0 Å². The van der Waals surface area contributed by atoms with Gasteiger partial charge >= 0.3 is 5.97 Å². The van der Waals surface area contributed by atoms with Crippen LogP contribution in [-0.2, 0) is 16.1 Å². The minimum atomic E-state index is -0.803. The van der Waals surface area contributed by atoms with Gasteiger partial charge in [0.2, 0.25) is 0 Å². The maximum Gasteiger partial charge on any atom is 0.303 e. The number of piperidine rings is 1. The van der Waals surface area contributed by atoms with E-state index in [9.17, 15) is 14.0 Å². The number of benzene rings is 1. The van der Waals surface area contributed by atoms with E-state index in [0.29, 0.717) is 43.2 Å². The topological polar surface area (TPSA) is 66.8 Å². The molecule has 142 valence electrons. The van der Waals surface area contributed by atoms with Crippen LogP contribution in [0.2, 0.25) is 0 Å². The Hall–Kier alpha value is -1.95. The average molecular weight is 363 g/mol. The first kappa shape index (κ1) is 18.8. The van der Waals surface area contributed by atoms with Crippen molar-refractivity contribution in [2.24, 2.45) is 11.8 Å². The van der Waals surface area contributed by atoms with Gasteiger partial charge in [-0.15, -0.1) is 0 Å². The minimum absolute atomic E-state index is 0.117. The molecule has 1 amide bonds. The van der Waals surface area contributed by atoms with Crippen LogP contribution in [0, 0.1) is 17.7 Å². The number of likely N-dealkylation sites (tertiary alicyclic amines) is 1. The number of hydrogen-bond acceptors (Lipinski definition) is 3. The van der Waals surface area contributed by atoms with Crippen LogP contribution in [0.5, 0.6) is 0 Å². The summed E-state index contributed by atoms with van der Waals surface area (Å²) in [5.41, 5.74) is 0.881. The van der Waals surface area contributed by atoms with Crippen molar-refractivity contribution < 1.29 is 23.8 Å². The lowest BCUT2D eigenvalue weighted by molar-refractivity contribution is -0.137. The number of amides is 1. The van der Waals surface area contributed by atoms with E-state index in [1.165, 1.54) is 25.0 Å². The second-order valence-corrected chi connectivity index (χ2v) is 7.46. The van der Waals surface area contributed by atoms with Gasteiger partial charge in [-0.2, -0.15) is 0 Å². The molecule has 0 unspecified atom stereocenters. The number of halogens is 1. The van der Waals surface area contributed by atoms with Gasteiger partial charge in [-0.3, -0.25) is 9.59 Å². The number of nitrogens with zero attached hydrogens (tertiary/aromatic N) is 1. The second kappa shape index (κ2) is 8.62. The highest BCUT2D eigenvalue weighted by atomic mass is 19.1. The molecule has 1 aliphatic heterocycles. The van der Waals surface area contributed by atoms with Gasteiger partial charge in [-0.1, -0.05) is 0 Å². The molecular formula is C20H26FNO4. The zero-order valence-corrected chi connectivity index (χ0v) is 15.0. The average Bonchev–Trinajstić information content (AvgIpc) is 3.45. The number of rotatable bonds is 8. The predicted octanol–water partition coefficient (Wildman–Crippen LogP) is 3.47. The summed E-state index contributed by atoms with van der Waals surface area (Å²) in [6.07, 6.45) is 4.89. The standard InChI is InChI=1S/C20H26FNO4/c21-18-7-6-16(10-17(18)13-26-12-15-3-4-15)20(25)22-9-1-2-14(11-22)5-8-19(23)24/h6-7,10,14-15H,1-5,8-9,11-13H2,(H,23,24)/t14-/m1/s1. The second-order valence-electron chi connectivity index (χ2n) is 7.46. The molecule has 0 aromatic heterocycles. The summed E-state index contributed by atoms with van der Waals surface area (Å²) in [4.78, 5) is 25.3. The van der Waals surface area contributed by atoms with Gasteiger partial charge in [0.15, 0.2) is 0 Å². The number of carboxylic acids is 1. The Balaban J connectivity index is 1.59. The monoisotopic (exact) mass is 363 g/mol. The van der Waals surface area contributed by atoms with Crippen molar-refractivity contribution in [3.05, 3.63) is 35.1 Å². The van der Waals surface area contributed by atoms with Gasteiger partial charge in [0.05, 0.1) is 6.61 Å². The number of hydrogen-bond donors (Lipinski definition) is 1. The summed E-state index contributed by atoms with van der Waals surface area (Å²) in [5.74, 6) is -0.448. The molecule has 1 atom stereocenters. The minimum Gasteiger partial charge on any atom is -0.481 e. The SMILES string of the molecule is O=C(O)CC[C@H]1CCCN(C(=O)c2ccc(F)c(COCC3CC3)c2)C1. The summed E-state index contributed by atoms with van der Waals surface area (Å²) < 4.78 is 19.5. The smallest absolute Gasteiger partial charge is 0.303 e. The Morgan fingerprint density at radius 3 is 2.77 bits per heavy atom. The van der Waals surface area contributed by atoms with Crippen molar-refractivity contribution in [3.8, 4) is 0 Å². The maximum absolute atomic E-state index is 14.0. The van der Waals surface area contributed by atoms with Crippen molar-refractivity contribution >= 4 is 11.9 Å². The van der Waals surface area contributed by atoms with Crippen molar-refractivity contribution in [3.63, 3.8) is 0 Å². The first-order valence-electron chi connectivity index (χ1n) is 9.40. The van der Waals surface area contributed by atoms with Gasteiger partial charge in [0.25, 0.3) is 5.91 Å². The highest BCUT2D eigenvalue weighted by Gasteiger charge is 2.25.